The molecule has 21 heavy (non-hydrogen) atoms. The highest BCUT2D eigenvalue weighted by Gasteiger charge is 2.16. The van der Waals surface area contributed by atoms with Crippen LogP contribution in [0.4, 0.5) is 0 Å². The molecule has 4 nitrogen and oxygen atoms in total. The first-order valence-electron chi connectivity index (χ1n) is 7.09. The lowest BCUT2D eigenvalue weighted by molar-refractivity contribution is -0.131. The predicted octanol–water partition coefficient (Wildman–Crippen LogP) is 3.34. The first-order valence-corrected chi connectivity index (χ1v) is 8.67. The smallest absolute Gasteiger partial charge is 0.252 e. The molecule has 0 spiro atoms. The van der Waals surface area contributed by atoms with Gasteiger partial charge in [-0.3, -0.25) is 9.59 Å². The summed E-state index contributed by atoms with van der Waals surface area (Å²) in [4.78, 5) is 25.9. The monoisotopic (exact) mass is 416 g/mol. The summed E-state index contributed by atoms with van der Waals surface area (Å²) in [7, 11) is 0. The summed E-state index contributed by atoms with van der Waals surface area (Å²) in [6.45, 7) is 2.08. The minimum atomic E-state index is -0.166. The molecule has 0 atom stereocenters. The van der Waals surface area contributed by atoms with Crippen LogP contribution in [0.5, 0.6) is 0 Å². The SMILES string of the molecule is O=C(NCCC(=O)N1CCCCC1)c1ccc(Br)cc1Br. The van der Waals surface area contributed by atoms with Crippen molar-refractivity contribution < 1.29 is 9.59 Å². The summed E-state index contributed by atoms with van der Waals surface area (Å²) in [5.41, 5.74) is 0.573. The lowest BCUT2D eigenvalue weighted by Gasteiger charge is -2.26. The van der Waals surface area contributed by atoms with Crippen LogP contribution >= 0.6 is 31.9 Å². The number of rotatable bonds is 4. The van der Waals surface area contributed by atoms with Crippen LogP contribution in [0.15, 0.2) is 27.1 Å². The van der Waals surface area contributed by atoms with E-state index in [4.69, 9.17) is 0 Å². The Balaban J connectivity index is 1.79. The number of amides is 2. The van der Waals surface area contributed by atoms with Crippen LogP contribution < -0.4 is 5.32 Å². The fraction of sp³-hybridized carbons (Fsp3) is 0.467. The summed E-state index contributed by atoms with van der Waals surface area (Å²) in [6.07, 6.45) is 3.74. The van der Waals surface area contributed by atoms with E-state index in [0.717, 1.165) is 34.9 Å². The first kappa shape index (κ1) is 16.5. The van der Waals surface area contributed by atoms with E-state index in [0.29, 0.717) is 18.5 Å². The number of carbonyl (C=O) groups is 2. The number of halogens is 2. The Bertz CT molecular complexity index is 528. The largest absolute Gasteiger partial charge is 0.351 e. The zero-order valence-electron chi connectivity index (χ0n) is 11.7. The number of carbonyl (C=O) groups excluding carboxylic acids is 2. The maximum atomic E-state index is 12.1. The van der Waals surface area contributed by atoms with E-state index in [1.54, 1.807) is 6.07 Å². The van der Waals surface area contributed by atoms with Crippen molar-refractivity contribution in [3.8, 4) is 0 Å². The second-order valence-electron chi connectivity index (χ2n) is 5.07. The lowest BCUT2D eigenvalue weighted by Crippen LogP contribution is -2.37. The third-order valence-electron chi connectivity index (χ3n) is 3.51. The molecule has 1 heterocycles. The van der Waals surface area contributed by atoms with Crippen LogP contribution in [0.25, 0.3) is 0 Å². The maximum Gasteiger partial charge on any atom is 0.252 e. The van der Waals surface area contributed by atoms with Crippen molar-refractivity contribution in [3.05, 3.63) is 32.7 Å². The fourth-order valence-corrected chi connectivity index (χ4v) is 3.58. The normalized spacial score (nSPS) is 14.9. The highest BCUT2D eigenvalue weighted by molar-refractivity contribution is 9.11. The molecule has 0 aromatic heterocycles. The number of likely N-dealkylation sites (tertiary alicyclic amines) is 1. The molecule has 0 aliphatic carbocycles. The summed E-state index contributed by atoms with van der Waals surface area (Å²) < 4.78 is 1.64. The highest BCUT2D eigenvalue weighted by Crippen LogP contribution is 2.21. The molecule has 1 aliphatic rings. The van der Waals surface area contributed by atoms with Crippen molar-refractivity contribution in [2.24, 2.45) is 0 Å². The van der Waals surface area contributed by atoms with Gasteiger partial charge in [-0.1, -0.05) is 15.9 Å². The van der Waals surface area contributed by atoms with Crippen molar-refractivity contribution in [1.82, 2.24) is 10.2 Å². The van der Waals surface area contributed by atoms with Crippen LogP contribution in [0, 0.1) is 0 Å². The molecule has 2 rings (SSSR count). The summed E-state index contributed by atoms with van der Waals surface area (Å²) in [6, 6.07) is 5.39. The van der Waals surface area contributed by atoms with Crippen molar-refractivity contribution >= 4 is 43.7 Å². The Morgan fingerprint density at radius 3 is 2.52 bits per heavy atom. The summed E-state index contributed by atoms with van der Waals surface area (Å²) in [5, 5.41) is 2.80. The number of benzene rings is 1. The van der Waals surface area contributed by atoms with E-state index in [1.807, 2.05) is 17.0 Å². The second-order valence-corrected chi connectivity index (χ2v) is 6.84. The molecular formula is C15H18Br2N2O2. The van der Waals surface area contributed by atoms with Gasteiger partial charge in [0.2, 0.25) is 5.91 Å². The molecule has 6 heteroatoms. The van der Waals surface area contributed by atoms with Gasteiger partial charge in [0.25, 0.3) is 5.91 Å². The van der Waals surface area contributed by atoms with Crippen LogP contribution in [0.3, 0.4) is 0 Å². The molecule has 1 fully saturated rings. The van der Waals surface area contributed by atoms with Gasteiger partial charge in [-0.25, -0.2) is 0 Å². The number of nitrogens with one attached hydrogen (secondary N) is 1. The zero-order chi connectivity index (χ0) is 15.2. The predicted molar refractivity (Wildman–Crippen MR) is 89.2 cm³/mol. The minimum absolute atomic E-state index is 0.130. The van der Waals surface area contributed by atoms with Gasteiger partial charge in [-0.2, -0.15) is 0 Å². The molecular weight excluding hydrogens is 400 g/mol. The van der Waals surface area contributed by atoms with Gasteiger partial charge >= 0.3 is 0 Å². The molecule has 1 saturated heterocycles. The molecule has 1 aromatic carbocycles. The molecule has 0 saturated carbocycles. The van der Waals surface area contributed by atoms with Gasteiger partial charge in [0, 0.05) is 35.0 Å². The Hall–Kier alpha value is -0.880. The number of nitrogens with zero attached hydrogens (tertiary/aromatic N) is 1. The van der Waals surface area contributed by atoms with E-state index in [1.165, 1.54) is 6.42 Å². The molecule has 1 N–H and O–H groups in total. The Morgan fingerprint density at radius 1 is 1.14 bits per heavy atom. The van der Waals surface area contributed by atoms with Crippen LogP contribution in [-0.4, -0.2) is 36.3 Å². The molecule has 1 aromatic rings. The molecule has 2 amide bonds. The Kier molecular flexibility index (Phi) is 6.23. The van der Waals surface area contributed by atoms with Gasteiger partial charge in [0.05, 0.1) is 5.56 Å². The minimum Gasteiger partial charge on any atom is -0.351 e. The molecule has 0 radical (unpaired) electrons. The third-order valence-corrected chi connectivity index (χ3v) is 4.66. The first-order chi connectivity index (χ1) is 10.1. The molecule has 0 unspecified atom stereocenters. The third kappa shape index (κ3) is 4.81. The van der Waals surface area contributed by atoms with E-state index < -0.39 is 0 Å². The van der Waals surface area contributed by atoms with Crippen LogP contribution in [0.1, 0.15) is 36.0 Å². The standard InChI is InChI=1S/C15H18Br2N2O2/c16-11-4-5-12(13(17)10-11)15(21)18-7-6-14(20)19-8-2-1-3-9-19/h4-5,10H,1-3,6-9H2,(H,18,21). The van der Waals surface area contributed by atoms with Crippen molar-refractivity contribution in [2.75, 3.05) is 19.6 Å². The summed E-state index contributed by atoms with van der Waals surface area (Å²) in [5.74, 6) is -0.0364. The lowest BCUT2D eigenvalue weighted by atomic mass is 10.1. The van der Waals surface area contributed by atoms with Crippen molar-refractivity contribution in [2.45, 2.75) is 25.7 Å². The fourth-order valence-electron chi connectivity index (χ4n) is 2.35. The highest BCUT2D eigenvalue weighted by atomic mass is 79.9. The van der Waals surface area contributed by atoms with E-state index in [9.17, 15) is 9.59 Å². The van der Waals surface area contributed by atoms with E-state index in [2.05, 4.69) is 37.2 Å². The van der Waals surface area contributed by atoms with Crippen molar-refractivity contribution in [1.29, 1.82) is 0 Å². The quantitative estimate of drug-likeness (QED) is 0.816. The Morgan fingerprint density at radius 2 is 1.86 bits per heavy atom. The molecule has 114 valence electrons. The molecule has 0 bridgehead atoms. The van der Waals surface area contributed by atoms with Gasteiger partial charge in [0.1, 0.15) is 0 Å². The topological polar surface area (TPSA) is 49.4 Å². The number of hydrogen-bond acceptors (Lipinski definition) is 2. The van der Waals surface area contributed by atoms with Gasteiger partial charge < -0.3 is 10.2 Å². The van der Waals surface area contributed by atoms with Crippen LogP contribution in [-0.2, 0) is 4.79 Å². The van der Waals surface area contributed by atoms with Gasteiger partial charge in [-0.15, -0.1) is 0 Å². The average Bonchev–Trinajstić information content (AvgIpc) is 2.47. The molecule has 1 aliphatic heterocycles. The van der Waals surface area contributed by atoms with Gasteiger partial charge in [-0.05, 0) is 53.4 Å². The van der Waals surface area contributed by atoms with E-state index in [-0.39, 0.29) is 11.8 Å². The Labute approximate surface area is 141 Å². The summed E-state index contributed by atoms with van der Waals surface area (Å²) >= 11 is 6.71. The second kappa shape index (κ2) is 7.94. The van der Waals surface area contributed by atoms with Crippen LogP contribution in [0.2, 0.25) is 0 Å². The number of hydrogen-bond donors (Lipinski definition) is 1. The van der Waals surface area contributed by atoms with Gasteiger partial charge in [0.15, 0.2) is 0 Å². The van der Waals surface area contributed by atoms with E-state index >= 15 is 0 Å². The number of piperidine rings is 1. The average molecular weight is 418 g/mol. The maximum absolute atomic E-state index is 12.1. The zero-order valence-corrected chi connectivity index (χ0v) is 14.9. The van der Waals surface area contributed by atoms with Crippen molar-refractivity contribution in [3.63, 3.8) is 0 Å².